The molecule has 0 saturated carbocycles. The molecule has 3 rings (SSSR count). The summed E-state index contributed by atoms with van der Waals surface area (Å²) >= 11 is 12.0. The number of hydrogen-bond acceptors (Lipinski definition) is 5. The van der Waals surface area contributed by atoms with Gasteiger partial charge < -0.3 is 10.6 Å². The molecule has 24 heavy (non-hydrogen) atoms. The number of hydrogen-bond donors (Lipinski definition) is 2. The van der Waals surface area contributed by atoms with E-state index >= 15 is 0 Å². The summed E-state index contributed by atoms with van der Waals surface area (Å²) in [4.78, 5) is 4.39. The fraction of sp³-hybridized carbons (Fsp3) is 0.118. The molecule has 1 heterocycles. The zero-order chi connectivity index (χ0) is 17.1. The molecular weight excluding hydrogens is 345 g/mol. The van der Waals surface area contributed by atoms with E-state index < -0.39 is 0 Å². The molecule has 0 saturated heterocycles. The molecule has 0 amide bonds. The normalized spacial score (nSPS) is 10.5. The van der Waals surface area contributed by atoms with E-state index in [0.29, 0.717) is 27.5 Å². The lowest BCUT2D eigenvalue weighted by molar-refractivity contribution is 0.982. The van der Waals surface area contributed by atoms with E-state index in [2.05, 4.69) is 51.8 Å². The monoisotopic (exact) mass is 359 g/mol. The van der Waals surface area contributed by atoms with Crippen LogP contribution in [0.2, 0.25) is 10.0 Å². The van der Waals surface area contributed by atoms with E-state index in [0.717, 1.165) is 5.69 Å². The van der Waals surface area contributed by atoms with Crippen molar-refractivity contribution in [2.24, 2.45) is 0 Å². The Morgan fingerprint density at radius 3 is 2.50 bits per heavy atom. The lowest BCUT2D eigenvalue weighted by atomic mass is 10.1. The Morgan fingerprint density at radius 1 is 0.917 bits per heavy atom. The van der Waals surface area contributed by atoms with E-state index in [1.807, 2.05) is 6.07 Å². The smallest absolute Gasteiger partial charge is 0.249 e. The summed E-state index contributed by atoms with van der Waals surface area (Å²) in [5, 5.41) is 15.2. The van der Waals surface area contributed by atoms with Gasteiger partial charge >= 0.3 is 0 Å². The summed E-state index contributed by atoms with van der Waals surface area (Å²) < 4.78 is 0. The molecule has 0 aliphatic carbocycles. The first-order valence-electron chi connectivity index (χ1n) is 7.27. The highest BCUT2D eigenvalue weighted by molar-refractivity contribution is 6.36. The zero-order valence-electron chi connectivity index (χ0n) is 13.1. The number of aromatic nitrogens is 3. The van der Waals surface area contributed by atoms with Crippen molar-refractivity contribution < 1.29 is 0 Å². The van der Waals surface area contributed by atoms with Crippen LogP contribution in [0.1, 0.15) is 11.1 Å². The van der Waals surface area contributed by atoms with Crippen molar-refractivity contribution in [3.63, 3.8) is 0 Å². The first-order valence-corrected chi connectivity index (χ1v) is 8.03. The van der Waals surface area contributed by atoms with Gasteiger partial charge in [0.1, 0.15) is 0 Å². The SMILES string of the molecule is Cc1ccc(Nc2cnnc(Nc3ccc(Cl)cc3Cl)n2)cc1C. The standard InChI is InChI=1S/C17H15Cl2N5/c1-10-3-5-13(7-11(10)2)21-16-9-20-24-17(23-16)22-15-6-4-12(18)8-14(15)19/h3-9H,1-2H3,(H2,21,22,23,24). The van der Waals surface area contributed by atoms with Gasteiger partial charge in [0, 0.05) is 10.7 Å². The third-order valence-electron chi connectivity index (χ3n) is 3.52. The fourth-order valence-corrected chi connectivity index (χ4v) is 2.55. The second kappa shape index (κ2) is 7.03. The van der Waals surface area contributed by atoms with Crippen molar-refractivity contribution in [2.45, 2.75) is 13.8 Å². The molecule has 2 N–H and O–H groups in total. The minimum absolute atomic E-state index is 0.341. The lowest BCUT2D eigenvalue weighted by Crippen LogP contribution is -2.03. The van der Waals surface area contributed by atoms with E-state index in [1.54, 1.807) is 24.4 Å². The van der Waals surface area contributed by atoms with E-state index in [9.17, 15) is 0 Å². The van der Waals surface area contributed by atoms with Gasteiger partial charge in [0.05, 0.1) is 16.9 Å². The fourth-order valence-electron chi connectivity index (χ4n) is 2.10. The lowest BCUT2D eigenvalue weighted by Gasteiger charge is -2.10. The summed E-state index contributed by atoms with van der Waals surface area (Å²) in [7, 11) is 0. The van der Waals surface area contributed by atoms with Crippen molar-refractivity contribution >= 4 is 46.3 Å². The molecule has 0 atom stereocenters. The first-order chi connectivity index (χ1) is 11.5. The molecule has 7 heteroatoms. The van der Waals surface area contributed by atoms with Crippen LogP contribution in [0.25, 0.3) is 0 Å². The minimum Gasteiger partial charge on any atom is -0.339 e. The number of nitrogens with zero attached hydrogens (tertiary/aromatic N) is 3. The maximum atomic E-state index is 6.14. The van der Waals surface area contributed by atoms with Crippen LogP contribution in [0.4, 0.5) is 23.1 Å². The largest absolute Gasteiger partial charge is 0.339 e. The summed E-state index contributed by atoms with van der Waals surface area (Å²) in [5.74, 6) is 0.925. The average Bonchev–Trinajstić information content (AvgIpc) is 2.54. The molecule has 5 nitrogen and oxygen atoms in total. The number of benzene rings is 2. The Balaban J connectivity index is 1.79. The summed E-state index contributed by atoms with van der Waals surface area (Å²) in [5.41, 5.74) is 4.04. The van der Waals surface area contributed by atoms with Gasteiger partial charge in [-0.1, -0.05) is 29.3 Å². The van der Waals surface area contributed by atoms with Crippen molar-refractivity contribution in [3.8, 4) is 0 Å². The molecule has 0 radical (unpaired) electrons. The molecule has 0 aliphatic rings. The summed E-state index contributed by atoms with van der Waals surface area (Å²) in [6.45, 7) is 4.14. The van der Waals surface area contributed by atoms with Crippen molar-refractivity contribution in [1.29, 1.82) is 0 Å². The highest BCUT2D eigenvalue weighted by atomic mass is 35.5. The molecule has 2 aromatic carbocycles. The van der Waals surface area contributed by atoms with E-state index in [4.69, 9.17) is 23.2 Å². The van der Waals surface area contributed by atoms with Crippen LogP contribution in [0, 0.1) is 13.8 Å². The van der Waals surface area contributed by atoms with Crippen LogP contribution in [0.15, 0.2) is 42.6 Å². The van der Waals surface area contributed by atoms with Crippen molar-refractivity contribution in [1.82, 2.24) is 15.2 Å². The summed E-state index contributed by atoms with van der Waals surface area (Å²) in [6, 6.07) is 11.3. The van der Waals surface area contributed by atoms with Crippen LogP contribution in [-0.2, 0) is 0 Å². The predicted molar refractivity (Wildman–Crippen MR) is 98.8 cm³/mol. The van der Waals surface area contributed by atoms with Gasteiger partial charge in [-0.15, -0.1) is 5.10 Å². The molecule has 0 fully saturated rings. The molecular formula is C17H15Cl2N5. The van der Waals surface area contributed by atoms with Gasteiger partial charge in [0.2, 0.25) is 5.95 Å². The minimum atomic E-state index is 0.341. The zero-order valence-corrected chi connectivity index (χ0v) is 14.7. The third kappa shape index (κ3) is 3.93. The summed E-state index contributed by atoms with van der Waals surface area (Å²) in [6.07, 6.45) is 1.56. The van der Waals surface area contributed by atoms with Gasteiger partial charge in [-0.25, -0.2) is 0 Å². The quantitative estimate of drug-likeness (QED) is 0.663. The highest BCUT2D eigenvalue weighted by Crippen LogP contribution is 2.27. The average molecular weight is 360 g/mol. The van der Waals surface area contributed by atoms with Crippen molar-refractivity contribution in [2.75, 3.05) is 10.6 Å². The Bertz CT molecular complexity index is 883. The number of nitrogens with one attached hydrogen (secondary N) is 2. The maximum absolute atomic E-state index is 6.14. The first kappa shape index (κ1) is 16.5. The molecule has 0 spiro atoms. The Labute approximate surface area is 150 Å². The number of rotatable bonds is 4. The third-order valence-corrected chi connectivity index (χ3v) is 4.06. The number of aryl methyl sites for hydroxylation is 2. The van der Waals surface area contributed by atoms with Crippen LogP contribution in [0.5, 0.6) is 0 Å². The Morgan fingerprint density at radius 2 is 1.75 bits per heavy atom. The maximum Gasteiger partial charge on any atom is 0.249 e. The number of halogens is 2. The van der Waals surface area contributed by atoms with Gasteiger partial charge in [-0.3, -0.25) is 0 Å². The molecule has 0 unspecified atom stereocenters. The molecule has 122 valence electrons. The van der Waals surface area contributed by atoms with Crippen LogP contribution < -0.4 is 10.6 Å². The van der Waals surface area contributed by atoms with Gasteiger partial charge in [0.15, 0.2) is 5.82 Å². The molecule has 0 bridgehead atoms. The highest BCUT2D eigenvalue weighted by Gasteiger charge is 2.06. The topological polar surface area (TPSA) is 62.7 Å². The Kier molecular flexibility index (Phi) is 4.83. The van der Waals surface area contributed by atoms with Gasteiger partial charge in [-0.2, -0.15) is 10.1 Å². The Hall–Kier alpha value is -2.37. The van der Waals surface area contributed by atoms with E-state index in [-0.39, 0.29) is 0 Å². The van der Waals surface area contributed by atoms with Crippen LogP contribution in [-0.4, -0.2) is 15.2 Å². The van der Waals surface area contributed by atoms with Crippen molar-refractivity contribution in [3.05, 3.63) is 63.8 Å². The van der Waals surface area contributed by atoms with Crippen LogP contribution in [0.3, 0.4) is 0 Å². The molecule has 1 aromatic heterocycles. The second-order valence-corrected chi connectivity index (χ2v) is 6.18. The predicted octanol–water partition coefficient (Wildman–Crippen LogP) is 5.28. The molecule has 3 aromatic rings. The van der Waals surface area contributed by atoms with E-state index in [1.165, 1.54) is 11.1 Å². The molecule has 0 aliphatic heterocycles. The van der Waals surface area contributed by atoms with Gasteiger partial charge in [0.25, 0.3) is 0 Å². The van der Waals surface area contributed by atoms with Gasteiger partial charge in [-0.05, 0) is 55.3 Å². The van der Waals surface area contributed by atoms with Crippen LogP contribution >= 0.6 is 23.2 Å². The second-order valence-electron chi connectivity index (χ2n) is 5.34. The number of anilines is 4.